The van der Waals surface area contributed by atoms with Crippen molar-refractivity contribution in [1.82, 2.24) is 15.0 Å². The number of hydrogen-bond donors (Lipinski definition) is 1. The molecule has 150 valence electrons. The number of carbonyl (C=O) groups is 3. The molecule has 2 heterocycles. The topological polar surface area (TPSA) is 103 Å². The third-order valence-corrected chi connectivity index (χ3v) is 4.51. The van der Waals surface area contributed by atoms with Crippen LogP contribution in [0.2, 0.25) is 0 Å². The van der Waals surface area contributed by atoms with Crippen LogP contribution in [0.1, 0.15) is 20.8 Å². The quantitative estimate of drug-likeness (QED) is 0.514. The normalized spacial score (nSPS) is 10.7. The van der Waals surface area contributed by atoms with E-state index >= 15 is 0 Å². The van der Waals surface area contributed by atoms with Crippen LogP contribution in [0.15, 0.2) is 71.4 Å². The lowest BCUT2D eigenvalue weighted by atomic mass is 10.1. The smallest absolute Gasteiger partial charge is 0.338 e. The average Bonchev–Trinajstić information content (AvgIpc) is 3.38. The molecule has 2 amide bonds. The van der Waals surface area contributed by atoms with Gasteiger partial charge >= 0.3 is 5.97 Å². The molecule has 0 spiro atoms. The monoisotopic (exact) mass is 403 g/mol. The Kier molecular flexibility index (Phi) is 5.13. The van der Waals surface area contributed by atoms with E-state index < -0.39 is 24.4 Å². The summed E-state index contributed by atoms with van der Waals surface area (Å²) in [6, 6.07) is 17.4. The van der Waals surface area contributed by atoms with Gasteiger partial charge in [0.15, 0.2) is 12.4 Å². The van der Waals surface area contributed by atoms with Crippen LogP contribution in [0, 0.1) is 0 Å². The molecular formula is C22H17N3O5. The summed E-state index contributed by atoms with van der Waals surface area (Å²) in [7, 11) is 1.68. The largest absolute Gasteiger partial charge is 0.452 e. The molecule has 2 aromatic carbocycles. The summed E-state index contributed by atoms with van der Waals surface area (Å²) in [6.45, 7) is -0.581. The van der Waals surface area contributed by atoms with Crippen LogP contribution in [0.3, 0.4) is 0 Å². The first-order valence-electron chi connectivity index (χ1n) is 9.10. The lowest BCUT2D eigenvalue weighted by Gasteiger charge is -2.07. The second-order valence-corrected chi connectivity index (χ2v) is 6.57. The first-order valence-corrected chi connectivity index (χ1v) is 9.10. The summed E-state index contributed by atoms with van der Waals surface area (Å²) in [4.78, 5) is 36.4. The van der Waals surface area contributed by atoms with Crippen molar-refractivity contribution in [3.63, 3.8) is 0 Å². The SMILES string of the molecule is Cn1cccc1C(=O)NC(=O)COC(=O)c1ccc2noc(-c3ccccc3)c2c1. The number of fused-ring (bicyclic) bond motifs is 1. The van der Waals surface area contributed by atoms with Crippen molar-refractivity contribution in [3.05, 3.63) is 78.1 Å². The molecule has 0 unspecified atom stereocenters. The zero-order valence-corrected chi connectivity index (χ0v) is 16.0. The van der Waals surface area contributed by atoms with Gasteiger partial charge in [0.05, 0.1) is 10.9 Å². The van der Waals surface area contributed by atoms with Crippen LogP contribution >= 0.6 is 0 Å². The highest BCUT2D eigenvalue weighted by Crippen LogP contribution is 2.29. The zero-order chi connectivity index (χ0) is 21.1. The van der Waals surface area contributed by atoms with Crippen LogP contribution in [0.5, 0.6) is 0 Å². The van der Waals surface area contributed by atoms with Crippen molar-refractivity contribution in [1.29, 1.82) is 0 Å². The number of aryl methyl sites for hydroxylation is 1. The van der Waals surface area contributed by atoms with E-state index in [9.17, 15) is 14.4 Å². The van der Waals surface area contributed by atoms with Crippen molar-refractivity contribution in [3.8, 4) is 11.3 Å². The second-order valence-electron chi connectivity index (χ2n) is 6.57. The van der Waals surface area contributed by atoms with Gasteiger partial charge in [0, 0.05) is 18.8 Å². The Morgan fingerprint density at radius 2 is 1.87 bits per heavy atom. The first kappa shape index (κ1) is 19.1. The summed E-state index contributed by atoms with van der Waals surface area (Å²) in [5.41, 5.74) is 1.98. The minimum Gasteiger partial charge on any atom is -0.452 e. The van der Waals surface area contributed by atoms with Gasteiger partial charge in [-0.05, 0) is 30.3 Å². The van der Waals surface area contributed by atoms with Crippen molar-refractivity contribution in [2.75, 3.05) is 6.61 Å². The molecule has 0 aliphatic heterocycles. The fourth-order valence-corrected chi connectivity index (χ4v) is 3.00. The number of hydrogen-bond acceptors (Lipinski definition) is 6. The molecule has 8 nitrogen and oxygen atoms in total. The van der Waals surface area contributed by atoms with Gasteiger partial charge in [-0.2, -0.15) is 0 Å². The number of ether oxygens (including phenoxy) is 1. The Balaban J connectivity index is 1.44. The number of aromatic nitrogens is 2. The average molecular weight is 403 g/mol. The maximum atomic E-state index is 12.4. The lowest BCUT2D eigenvalue weighted by molar-refractivity contribution is -0.123. The van der Waals surface area contributed by atoms with Crippen molar-refractivity contribution < 1.29 is 23.6 Å². The highest BCUT2D eigenvalue weighted by Gasteiger charge is 2.17. The molecule has 0 aliphatic rings. The molecule has 0 saturated heterocycles. The molecule has 0 saturated carbocycles. The predicted octanol–water partition coefficient (Wildman–Crippen LogP) is 2.95. The van der Waals surface area contributed by atoms with Gasteiger partial charge in [-0.3, -0.25) is 14.9 Å². The number of imide groups is 1. The fraction of sp³-hybridized carbons (Fsp3) is 0.0909. The van der Waals surface area contributed by atoms with Crippen LogP contribution in [-0.2, 0) is 16.6 Å². The molecule has 0 atom stereocenters. The third-order valence-electron chi connectivity index (χ3n) is 4.51. The van der Waals surface area contributed by atoms with E-state index in [1.807, 2.05) is 30.3 Å². The standard InChI is InChI=1S/C22H17N3O5/c1-25-11-5-8-18(25)21(27)23-19(26)13-29-22(28)15-9-10-17-16(12-15)20(30-24-17)14-6-3-2-4-7-14/h2-12H,13H2,1H3,(H,23,26,27). The maximum absolute atomic E-state index is 12.4. The van der Waals surface area contributed by atoms with E-state index in [0.29, 0.717) is 22.4 Å². The van der Waals surface area contributed by atoms with Crippen LogP contribution < -0.4 is 5.32 Å². The first-order chi connectivity index (χ1) is 14.5. The van der Waals surface area contributed by atoms with E-state index in [0.717, 1.165) is 5.56 Å². The molecule has 0 fully saturated rings. The minimum atomic E-state index is -0.717. The maximum Gasteiger partial charge on any atom is 0.338 e. The van der Waals surface area contributed by atoms with E-state index in [2.05, 4.69) is 10.5 Å². The molecule has 2 aromatic heterocycles. The van der Waals surface area contributed by atoms with Gasteiger partial charge in [-0.25, -0.2) is 4.79 Å². The van der Waals surface area contributed by atoms with Crippen LogP contribution in [0.25, 0.3) is 22.2 Å². The van der Waals surface area contributed by atoms with Crippen molar-refractivity contribution >= 4 is 28.7 Å². The van der Waals surface area contributed by atoms with Gasteiger partial charge in [0.25, 0.3) is 11.8 Å². The number of nitrogens with one attached hydrogen (secondary N) is 1. The molecule has 0 radical (unpaired) electrons. The third kappa shape index (κ3) is 3.83. The molecule has 30 heavy (non-hydrogen) atoms. The molecule has 4 aromatic rings. The Morgan fingerprint density at radius 3 is 2.60 bits per heavy atom. The Morgan fingerprint density at radius 1 is 1.07 bits per heavy atom. The molecule has 1 N–H and O–H groups in total. The number of esters is 1. The van der Waals surface area contributed by atoms with Crippen LogP contribution in [-0.4, -0.2) is 34.1 Å². The minimum absolute atomic E-state index is 0.240. The highest BCUT2D eigenvalue weighted by atomic mass is 16.5. The number of nitrogens with zero attached hydrogens (tertiary/aromatic N) is 2. The Labute approximate surface area is 171 Å². The van der Waals surface area contributed by atoms with Gasteiger partial charge in [-0.15, -0.1) is 0 Å². The highest BCUT2D eigenvalue weighted by molar-refractivity contribution is 6.05. The van der Waals surface area contributed by atoms with Gasteiger partial charge in [0.2, 0.25) is 0 Å². The summed E-state index contributed by atoms with van der Waals surface area (Å²) >= 11 is 0. The Hall–Kier alpha value is -4.20. The molecule has 8 heteroatoms. The molecular weight excluding hydrogens is 386 g/mol. The van der Waals surface area contributed by atoms with Gasteiger partial charge in [0.1, 0.15) is 11.2 Å². The van der Waals surface area contributed by atoms with Crippen LogP contribution in [0.4, 0.5) is 0 Å². The Bertz CT molecular complexity index is 1240. The summed E-state index contributed by atoms with van der Waals surface area (Å²) in [5.74, 6) is -1.45. The summed E-state index contributed by atoms with van der Waals surface area (Å²) in [6.07, 6.45) is 1.68. The number of benzene rings is 2. The van der Waals surface area contributed by atoms with E-state index in [-0.39, 0.29) is 5.56 Å². The van der Waals surface area contributed by atoms with E-state index in [1.54, 1.807) is 42.1 Å². The van der Waals surface area contributed by atoms with Crippen molar-refractivity contribution in [2.45, 2.75) is 0 Å². The predicted molar refractivity (Wildman–Crippen MR) is 108 cm³/mol. The van der Waals surface area contributed by atoms with E-state index in [1.165, 1.54) is 6.07 Å². The molecule has 0 aliphatic carbocycles. The number of rotatable bonds is 5. The second kappa shape index (κ2) is 8.04. The number of carbonyl (C=O) groups excluding carboxylic acids is 3. The summed E-state index contributed by atoms with van der Waals surface area (Å²) in [5, 5.41) is 6.84. The van der Waals surface area contributed by atoms with E-state index in [4.69, 9.17) is 9.26 Å². The summed E-state index contributed by atoms with van der Waals surface area (Å²) < 4.78 is 12.0. The van der Waals surface area contributed by atoms with Gasteiger partial charge in [-0.1, -0.05) is 35.5 Å². The van der Waals surface area contributed by atoms with Crippen molar-refractivity contribution in [2.24, 2.45) is 7.05 Å². The zero-order valence-electron chi connectivity index (χ0n) is 16.0. The molecule has 4 rings (SSSR count). The molecule has 0 bridgehead atoms. The fourth-order valence-electron chi connectivity index (χ4n) is 3.00. The van der Waals surface area contributed by atoms with Gasteiger partial charge < -0.3 is 13.8 Å². The number of amides is 2. The lowest BCUT2D eigenvalue weighted by Crippen LogP contribution is -2.35.